The lowest BCUT2D eigenvalue weighted by atomic mass is 10.1. The molecule has 5 nitrogen and oxygen atoms in total. The molecule has 0 aliphatic carbocycles. The lowest BCUT2D eigenvalue weighted by molar-refractivity contribution is -0.136. The smallest absolute Gasteiger partial charge is 0.307 e. The Morgan fingerprint density at radius 1 is 0.964 bits per heavy atom. The maximum Gasteiger partial charge on any atom is 0.307 e. The number of ether oxygens (including phenoxy) is 2. The predicted octanol–water partition coefficient (Wildman–Crippen LogP) is 6.27. The fraction of sp³-hybridized carbons (Fsp3) is 0.0500. The van der Waals surface area contributed by atoms with E-state index in [1.807, 2.05) is 0 Å². The molecule has 3 aromatic rings. The van der Waals surface area contributed by atoms with E-state index in [2.05, 4.69) is 31.9 Å². The third-order valence-electron chi connectivity index (χ3n) is 3.59. The van der Waals surface area contributed by atoms with Crippen LogP contribution in [0.2, 0.25) is 0 Å². The lowest BCUT2D eigenvalue weighted by Gasteiger charge is -2.13. The molecule has 144 valence electrons. The van der Waals surface area contributed by atoms with Crippen molar-refractivity contribution < 1.29 is 28.9 Å². The summed E-state index contributed by atoms with van der Waals surface area (Å²) >= 11 is 6.74. The zero-order chi connectivity index (χ0) is 20.3. The molecule has 0 spiro atoms. The zero-order valence-corrected chi connectivity index (χ0v) is 17.3. The highest BCUT2D eigenvalue weighted by Gasteiger charge is 2.14. The average Bonchev–Trinajstić information content (AvgIpc) is 2.60. The summed E-state index contributed by atoms with van der Waals surface area (Å²) in [7, 11) is 0. The number of hydrogen-bond acceptors (Lipinski definition) is 4. The van der Waals surface area contributed by atoms with Crippen LogP contribution in [0.15, 0.2) is 63.5 Å². The molecule has 0 radical (unpaired) electrons. The van der Waals surface area contributed by atoms with Crippen molar-refractivity contribution in [1.29, 1.82) is 0 Å². The summed E-state index contributed by atoms with van der Waals surface area (Å²) in [6.45, 7) is 0. The van der Waals surface area contributed by atoms with Gasteiger partial charge in [0.2, 0.25) is 0 Å². The Morgan fingerprint density at radius 2 is 1.64 bits per heavy atom. The molecule has 0 aliphatic heterocycles. The number of carbonyl (C=O) groups is 1. The molecule has 0 saturated heterocycles. The number of aromatic hydroxyl groups is 1. The molecule has 3 aromatic carbocycles. The molecular formula is C20H13Br2FO5. The Kier molecular flexibility index (Phi) is 6.21. The quantitative estimate of drug-likeness (QED) is 0.408. The minimum atomic E-state index is -0.940. The molecular weight excluding hydrogens is 499 g/mol. The van der Waals surface area contributed by atoms with E-state index in [1.54, 1.807) is 18.2 Å². The van der Waals surface area contributed by atoms with Gasteiger partial charge in [0.15, 0.2) is 17.2 Å². The maximum atomic E-state index is 13.3. The molecule has 0 heterocycles. The van der Waals surface area contributed by atoms with Gasteiger partial charge in [0.05, 0.1) is 15.4 Å². The van der Waals surface area contributed by atoms with E-state index in [0.29, 0.717) is 26.0 Å². The number of halogens is 3. The van der Waals surface area contributed by atoms with Crippen molar-refractivity contribution in [2.75, 3.05) is 0 Å². The van der Waals surface area contributed by atoms with Gasteiger partial charge < -0.3 is 19.7 Å². The minimum absolute atomic E-state index is 0.0952. The molecule has 28 heavy (non-hydrogen) atoms. The third-order valence-corrected chi connectivity index (χ3v) is 4.77. The van der Waals surface area contributed by atoms with Gasteiger partial charge in [0.25, 0.3) is 0 Å². The number of carboxylic acid groups (broad SMARTS) is 1. The van der Waals surface area contributed by atoms with E-state index in [4.69, 9.17) is 14.6 Å². The average molecular weight is 512 g/mol. The van der Waals surface area contributed by atoms with Crippen LogP contribution in [0.5, 0.6) is 28.7 Å². The van der Waals surface area contributed by atoms with Gasteiger partial charge in [0, 0.05) is 12.1 Å². The first-order valence-electron chi connectivity index (χ1n) is 7.96. The highest BCUT2D eigenvalue weighted by molar-refractivity contribution is 9.11. The van der Waals surface area contributed by atoms with Crippen LogP contribution in [0.1, 0.15) is 5.56 Å². The van der Waals surface area contributed by atoms with Crippen LogP contribution in [-0.2, 0) is 11.2 Å². The Labute approximate surface area is 176 Å². The molecule has 0 aliphatic rings. The number of phenolic OH excluding ortho intramolecular Hbond substituents is 1. The van der Waals surface area contributed by atoms with E-state index >= 15 is 0 Å². The number of rotatable bonds is 6. The molecule has 0 unspecified atom stereocenters. The van der Waals surface area contributed by atoms with E-state index in [0.717, 1.165) is 0 Å². The number of aliphatic carboxylic acids is 1. The molecule has 8 heteroatoms. The van der Waals surface area contributed by atoms with Crippen molar-refractivity contribution in [3.8, 4) is 28.7 Å². The summed E-state index contributed by atoms with van der Waals surface area (Å²) in [4.78, 5) is 10.9. The largest absolute Gasteiger partial charge is 0.504 e. The summed E-state index contributed by atoms with van der Waals surface area (Å²) in [6.07, 6.45) is -0.123. The first-order chi connectivity index (χ1) is 13.3. The molecule has 3 rings (SSSR count). The molecule has 0 aromatic heterocycles. The van der Waals surface area contributed by atoms with Crippen LogP contribution in [0.4, 0.5) is 4.39 Å². The standard InChI is InChI=1S/C20H13Br2FO5/c21-15-6-11(8-19(25)26)7-16(22)20(15)28-14-4-5-17(24)18(10-14)27-13-3-1-2-12(23)9-13/h1-7,9-10,24H,8H2,(H,25,26). The molecule has 0 atom stereocenters. The number of phenols is 1. The van der Waals surface area contributed by atoms with Crippen molar-refractivity contribution in [3.63, 3.8) is 0 Å². The van der Waals surface area contributed by atoms with Crippen LogP contribution in [0, 0.1) is 5.82 Å². The van der Waals surface area contributed by atoms with Crippen molar-refractivity contribution in [3.05, 3.63) is 74.9 Å². The van der Waals surface area contributed by atoms with Crippen molar-refractivity contribution in [2.45, 2.75) is 6.42 Å². The minimum Gasteiger partial charge on any atom is -0.504 e. The highest BCUT2D eigenvalue weighted by atomic mass is 79.9. The number of hydrogen-bond donors (Lipinski definition) is 2. The third kappa shape index (κ3) is 5.02. The number of carboxylic acids is 1. The van der Waals surface area contributed by atoms with Gasteiger partial charge in [0.1, 0.15) is 17.3 Å². The lowest BCUT2D eigenvalue weighted by Crippen LogP contribution is -2.00. The predicted molar refractivity (Wildman–Crippen MR) is 108 cm³/mol. The monoisotopic (exact) mass is 510 g/mol. The van der Waals surface area contributed by atoms with E-state index < -0.39 is 11.8 Å². The van der Waals surface area contributed by atoms with Crippen LogP contribution in [0.3, 0.4) is 0 Å². The summed E-state index contributed by atoms with van der Waals surface area (Å²) < 4.78 is 25.8. The molecule has 0 amide bonds. The maximum absolute atomic E-state index is 13.3. The van der Waals surface area contributed by atoms with Gasteiger partial charge in [-0.15, -0.1) is 0 Å². The second-order valence-corrected chi connectivity index (χ2v) is 7.46. The van der Waals surface area contributed by atoms with Crippen molar-refractivity contribution in [1.82, 2.24) is 0 Å². The summed E-state index contributed by atoms with van der Waals surface area (Å²) in [5.74, 6) is -0.422. The van der Waals surface area contributed by atoms with Gasteiger partial charge in [-0.25, -0.2) is 4.39 Å². The number of benzene rings is 3. The fourth-order valence-electron chi connectivity index (χ4n) is 2.40. The summed E-state index contributed by atoms with van der Waals surface area (Å²) in [6, 6.07) is 13.2. The molecule has 0 bridgehead atoms. The van der Waals surface area contributed by atoms with Gasteiger partial charge in [-0.2, -0.15) is 0 Å². The molecule has 0 saturated carbocycles. The summed E-state index contributed by atoms with van der Waals surface area (Å²) in [5.41, 5.74) is 0.597. The van der Waals surface area contributed by atoms with Crippen molar-refractivity contribution >= 4 is 37.8 Å². The fourth-order valence-corrected chi connectivity index (χ4v) is 3.84. The Hall–Kier alpha value is -2.58. The topological polar surface area (TPSA) is 76.0 Å². The van der Waals surface area contributed by atoms with E-state index in [1.165, 1.54) is 36.4 Å². The van der Waals surface area contributed by atoms with Gasteiger partial charge >= 0.3 is 5.97 Å². The van der Waals surface area contributed by atoms with E-state index in [-0.39, 0.29) is 23.7 Å². The Bertz CT molecular complexity index is 1020. The highest BCUT2D eigenvalue weighted by Crippen LogP contribution is 2.41. The van der Waals surface area contributed by atoms with Gasteiger partial charge in [-0.1, -0.05) is 6.07 Å². The van der Waals surface area contributed by atoms with Gasteiger partial charge in [-0.3, -0.25) is 4.79 Å². The summed E-state index contributed by atoms with van der Waals surface area (Å²) in [5, 5.41) is 18.9. The SMILES string of the molecule is O=C(O)Cc1cc(Br)c(Oc2ccc(O)c(Oc3cccc(F)c3)c2)c(Br)c1. The van der Waals surface area contributed by atoms with Gasteiger partial charge in [-0.05, 0) is 73.8 Å². The molecule has 2 N–H and O–H groups in total. The Balaban J connectivity index is 1.86. The first-order valence-corrected chi connectivity index (χ1v) is 9.54. The van der Waals surface area contributed by atoms with Crippen LogP contribution in [0.25, 0.3) is 0 Å². The van der Waals surface area contributed by atoms with E-state index in [9.17, 15) is 14.3 Å². The Morgan fingerprint density at radius 3 is 2.29 bits per heavy atom. The second kappa shape index (κ2) is 8.62. The normalized spacial score (nSPS) is 10.5. The van der Waals surface area contributed by atoms with Crippen LogP contribution in [-0.4, -0.2) is 16.2 Å². The second-order valence-electron chi connectivity index (χ2n) is 5.75. The van der Waals surface area contributed by atoms with Crippen LogP contribution < -0.4 is 9.47 Å². The zero-order valence-electron chi connectivity index (χ0n) is 14.2. The molecule has 0 fully saturated rings. The first kappa shape index (κ1) is 20.2. The van der Waals surface area contributed by atoms with Crippen molar-refractivity contribution in [2.24, 2.45) is 0 Å². The van der Waals surface area contributed by atoms with Crippen LogP contribution >= 0.6 is 31.9 Å².